The average molecular weight is 295 g/mol. The van der Waals surface area contributed by atoms with Crippen molar-refractivity contribution in [2.45, 2.75) is 71.9 Å². The van der Waals surface area contributed by atoms with E-state index in [1.807, 2.05) is 11.3 Å². The van der Waals surface area contributed by atoms with E-state index in [4.69, 9.17) is 4.98 Å². The van der Waals surface area contributed by atoms with Gasteiger partial charge in [0.25, 0.3) is 0 Å². The molecule has 1 N–H and O–H groups in total. The highest BCUT2D eigenvalue weighted by Gasteiger charge is 2.30. The van der Waals surface area contributed by atoms with Gasteiger partial charge in [0.05, 0.1) is 5.69 Å². The van der Waals surface area contributed by atoms with Crippen LogP contribution in [0.5, 0.6) is 0 Å². The summed E-state index contributed by atoms with van der Waals surface area (Å²) < 4.78 is 0. The molecule has 1 aliphatic rings. The Morgan fingerprint density at radius 2 is 2.05 bits per heavy atom. The minimum Gasteiger partial charge on any atom is -0.346 e. The third kappa shape index (κ3) is 3.95. The summed E-state index contributed by atoms with van der Waals surface area (Å²) in [4.78, 5) is 8.92. The topological polar surface area (TPSA) is 28.2 Å². The molecule has 0 aromatic carbocycles. The van der Waals surface area contributed by atoms with Crippen LogP contribution in [0.4, 0.5) is 5.13 Å². The summed E-state index contributed by atoms with van der Waals surface area (Å²) in [6.45, 7) is 12.2. The molecule has 3 nitrogen and oxygen atoms in total. The van der Waals surface area contributed by atoms with Gasteiger partial charge in [-0.3, -0.25) is 0 Å². The van der Waals surface area contributed by atoms with E-state index in [0.717, 1.165) is 25.6 Å². The molecule has 1 saturated carbocycles. The first-order valence-corrected chi connectivity index (χ1v) is 8.95. The van der Waals surface area contributed by atoms with Crippen molar-refractivity contribution in [1.82, 2.24) is 10.3 Å². The number of hydrogen-bond donors (Lipinski definition) is 1. The van der Waals surface area contributed by atoms with Crippen molar-refractivity contribution in [3.63, 3.8) is 0 Å². The molecule has 2 rings (SSSR count). The Bertz CT molecular complexity index is 410. The van der Waals surface area contributed by atoms with Gasteiger partial charge in [-0.2, -0.15) is 0 Å². The second-order valence-electron chi connectivity index (χ2n) is 6.04. The van der Waals surface area contributed by atoms with Crippen LogP contribution >= 0.6 is 11.3 Å². The lowest BCUT2D eigenvalue weighted by molar-refractivity contribution is 0.666. The molecular formula is C16H29N3S. The summed E-state index contributed by atoms with van der Waals surface area (Å²) >= 11 is 1.91. The molecule has 0 aliphatic heterocycles. The molecule has 1 fully saturated rings. The minimum absolute atomic E-state index is 0.532. The molecule has 4 heteroatoms. The summed E-state index contributed by atoms with van der Waals surface area (Å²) in [5.74, 6) is 0.745. The highest BCUT2D eigenvalue weighted by Crippen LogP contribution is 2.44. The molecule has 1 aromatic rings. The summed E-state index contributed by atoms with van der Waals surface area (Å²) in [5, 5.41) is 4.77. The van der Waals surface area contributed by atoms with Gasteiger partial charge in [-0.25, -0.2) is 4.98 Å². The third-order valence-corrected chi connectivity index (χ3v) is 4.83. The van der Waals surface area contributed by atoms with Crippen molar-refractivity contribution >= 4 is 16.5 Å². The Hall–Kier alpha value is -0.610. The molecular weight excluding hydrogens is 266 g/mol. The zero-order chi connectivity index (χ0) is 14.5. The fraction of sp³-hybridized carbons (Fsp3) is 0.812. The number of hydrogen-bond acceptors (Lipinski definition) is 4. The Morgan fingerprint density at radius 1 is 1.30 bits per heavy atom. The quantitative estimate of drug-likeness (QED) is 0.694. The second kappa shape index (κ2) is 7.41. The van der Waals surface area contributed by atoms with Gasteiger partial charge in [-0.1, -0.05) is 13.8 Å². The van der Waals surface area contributed by atoms with Gasteiger partial charge in [-0.05, 0) is 46.1 Å². The van der Waals surface area contributed by atoms with E-state index in [9.17, 15) is 0 Å². The van der Waals surface area contributed by atoms with Crippen LogP contribution in [0.2, 0.25) is 0 Å². The standard InChI is InChI=1S/C16H29N3S/c1-5-9-17-11-14-15(13-7-8-13)18-16(20-14)19(10-6-2)12(3)4/h12-13,17H,5-11H2,1-4H3. The van der Waals surface area contributed by atoms with Gasteiger partial charge >= 0.3 is 0 Å². The normalized spacial score (nSPS) is 15.1. The molecule has 0 saturated heterocycles. The van der Waals surface area contributed by atoms with Gasteiger partial charge in [0.2, 0.25) is 0 Å². The minimum atomic E-state index is 0.532. The molecule has 20 heavy (non-hydrogen) atoms. The van der Waals surface area contributed by atoms with E-state index in [-0.39, 0.29) is 0 Å². The van der Waals surface area contributed by atoms with Crippen molar-refractivity contribution in [2.24, 2.45) is 0 Å². The maximum absolute atomic E-state index is 5.00. The summed E-state index contributed by atoms with van der Waals surface area (Å²) in [7, 11) is 0. The molecule has 0 unspecified atom stereocenters. The average Bonchev–Trinajstić information content (AvgIpc) is 3.18. The molecule has 1 aromatic heterocycles. The number of rotatable bonds is 9. The molecule has 0 radical (unpaired) electrons. The SMILES string of the molecule is CCCNCc1sc(N(CCC)C(C)C)nc1C1CC1. The maximum atomic E-state index is 5.00. The highest BCUT2D eigenvalue weighted by molar-refractivity contribution is 7.15. The Morgan fingerprint density at radius 3 is 2.60 bits per heavy atom. The van der Waals surface area contributed by atoms with Crippen LogP contribution in [0, 0.1) is 0 Å². The van der Waals surface area contributed by atoms with Crippen LogP contribution in [0.1, 0.15) is 69.9 Å². The zero-order valence-electron chi connectivity index (χ0n) is 13.4. The molecule has 1 heterocycles. The van der Waals surface area contributed by atoms with Crippen LogP contribution < -0.4 is 10.2 Å². The summed E-state index contributed by atoms with van der Waals surface area (Å²) in [5.41, 5.74) is 1.38. The predicted octanol–water partition coefficient (Wildman–Crippen LogP) is 4.14. The van der Waals surface area contributed by atoms with E-state index in [1.54, 1.807) is 0 Å². The fourth-order valence-electron chi connectivity index (χ4n) is 2.47. The third-order valence-electron chi connectivity index (χ3n) is 3.73. The van der Waals surface area contributed by atoms with E-state index >= 15 is 0 Å². The lowest BCUT2D eigenvalue weighted by atomic mass is 10.2. The van der Waals surface area contributed by atoms with E-state index in [2.05, 4.69) is 37.9 Å². The molecule has 0 spiro atoms. The van der Waals surface area contributed by atoms with E-state index in [1.165, 1.54) is 41.4 Å². The molecule has 0 bridgehead atoms. The Labute approximate surface area is 127 Å². The number of nitrogens with zero attached hydrogens (tertiary/aromatic N) is 2. The maximum Gasteiger partial charge on any atom is 0.186 e. The van der Waals surface area contributed by atoms with Crippen LogP contribution in [0.25, 0.3) is 0 Å². The largest absolute Gasteiger partial charge is 0.346 e. The van der Waals surface area contributed by atoms with Crippen molar-refractivity contribution in [1.29, 1.82) is 0 Å². The van der Waals surface area contributed by atoms with Crippen molar-refractivity contribution < 1.29 is 0 Å². The fourth-order valence-corrected chi connectivity index (χ4v) is 3.75. The smallest absolute Gasteiger partial charge is 0.186 e. The molecule has 0 amide bonds. The van der Waals surface area contributed by atoms with Crippen molar-refractivity contribution in [3.05, 3.63) is 10.6 Å². The molecule has 0 atom stereocenters. The van der Waals surface area contributed by atoms with Crippen LogP contribution in [0.3, 0.4) is 0 Å². The van der Waals surface area contributed by atoms with Gasteiger partial charge in [0, 0.05) is 29.9 Å². The van der Waals surface area contributed by atoms with Crippen molar-refractivity contribution in [3.8, 4) is 0 Å². The number of nitrogens with one attached hydrogen (secondary N) is 1. The molecule has 114 valence electrons. The first-order valence-electron chi connectivity index (χ1n) is 8.14. The van der Waals surface area contributed by atoms with Gasteiger partial charge in [0.15, 0.2) is 5.13 Å². The van der Waals surface area contributed by atoms with Crippen LogP contribution in [-0.4, -0.2) is 24.1 Å². The van der Waals surface area contributed by atoms with Crippen molar-refractivity contribution in [2.75, 3.05) is 18.0 Å². The number of anilines is 1. The van der Waals surface area contributed by atoms with Gasteiger partial charge in [0.1, 0.15) is 0 Å². The zero-order valence-corrected chi connectivity index (χ0v) is 14.2. The summed E-state index contributed by atoms with van der Waals surface area (Å²) in [6.07, 6.45) is 5.04. The lowest BCUT2D eigenvalue weighted by Crippen LogP contribution is -2.31. The number of aromatic nitrogens is 1. The first kappa shape index (κ1) is 15.8. The van der Waals surface area contributed by atoms with Gasteiger partial charge < -0.3 is 10.2 Å². The predicted molar refractivity (Wildman–Crippen MR) is 88.9 cm³/mol. The summed E-state index contributed by atoms with van der Waals surface area (Å²) in [6, 6.07) is 0.532. The van der Waals surface area contributed by atoms with E-state index in [0.29, 0.717) is 6.04 Å². The van der Waals surface area contributed by atoms with Crippen LogP contribution in [0.15, 0.2) is 0 Å². The van der Waals surface area contributed by atoms with E-state index < -0.39 is 0 Å². The number of thiazole rings is 1. The molecule has 1 aliphatic carbocycles. The Kier molecular flexibility index (Phi) is 5.85. The highest BCUT2D eigenvalue weighted by atomic mass is 32.1. The monoisotopic (exact) mass is 295 g/mol. The lowest BCUT2D eigenvalue weighted by Gasteiger charge is -2.25. The van der Waals surface area contributed by atoms with Gasteiger partial charge in [-0.15, -0.1) is 11.3 Å². The second-order valence-corrected chi connectivity index (χ2v) is 7.11. The van der Waals surface area contributed by atoms with Crippen LogP contribution in [-0.2, 0) is 6.54 Å². The Balaban J connectivity index is 2.14. The first-order chi connectivity index (χ1) is 9.67.